The Morgan fingerprint density at radius 3 is 2.50 bits per heavy atom. The maximum absolute atomic E-state index is 13.7. The topological polar surface area (TPSA) is 43.4 Å². The monoisotopic (exact) mass is 276 g/mol. The third kappa shape index (κ3) is 2.71. The second-order valence-corrected chi connectivity index (χ2v) is 4.11. The lowest BCUT2D eigenvalue weighted by molar-refractivity contribution is -0.120. The molecular formula is C15H10F2O3. The highest BCUT2D eigenvalue weighted by atomic mass is 19.1. The van der Waals surface area contributed by atoms with E-state index in [2.05, 4.69) is 4.74 Å². The number of hydrogen-bond acceptors (Lipinski definition) is 3. The largest absolute Gasteiger partial charge is 0.428 e. The molecule has 0 bridgehead atoms. The van der Waals surface area contributed by atoms with Crippen molar-refractivity contribution in [1.29, 1.82) is 0 Å². The summed E-state index contributed by atoms with van der Waals surface area (Å²) in [6.45, 7) is 1.51. The summed E-state index contributed by atoms with van der Waals surface area (Å²) in [5, 5.41) is 0. The molecule has 0 fully saturated rings. The van der Waals surface area contributed by atoms with E-state index in [0.717, 1.165) is 12.1 Å². The number of ether oxygens (including phenoxy) is 1. The summed E-state index contributed by atoms with van der Waals surface area (Å²) in [7, 11) is 0. The summed E-state index contributed by atoms with van der Waals surface area (Å²) in [5.74, 6) is -1.65. The molecule has 0 N–H and O–H groups in total. The van der Waals surface area contributed by atoms with Crippen molar-refractivity contribution >= 4 is 12.3 Å². The first-order chi connectivity index (χ1) is 9.52. The van der Waals surface area contributed by atoms with Crippen LogP contribution in [0.4, 0.5) is 8.78 Å². The second kappa shape index (κ2) is 5.61. The highest BCUT2D eigenvalue weighted by Gasteiger charge is 2.13. The molecular weight excluding hydrogens is 266 g/mol. The molecule has 3 nitrogen and oxygen atoms in total. The molecule has 2 rings (SSSR count). The number of hydrogen-bond donors (Lipinski definition) is 0. The Bertz CT molecular complexity index is 681. The van der Waals surface area contributed by atoms with E-state index in [1.54, 1.807) is 0 Å². The van der Waals surface area contributed by atoms with Gasteiger partial charge in [0, 0.05) is 11.6 Å². The Morgan fingerprint density at radius 1 is 1.15 bits per heavy atom. The van der Waals surface area contributed by atoms with E-state index in [9.17, 15) is 18.4 Å². The van der Waals surface area contributed by atoms with Gasteiger partial charge in [-0.25, -0.2) is 8.78 Å². The van der Waals surface area contributed by atoms with Crippen LogP contribution in [0.1, 0.15) is 17.3 Å². The number of carbonyl (C=O) groups excluding carboxylic acids is 2. The molecule has 0 aliphatic carbocycles. The van der Waals surface area contributed by atoms with E-state index in [1.165, 1.54) is 31.2 Å². The molecule has 0 aliphatic heterocycles. The first-order valence-corrected chi connectivity index (χ1v) is 5.73. The lowest BCUT2D eigenvalue weighted by atomic mass is 10.0. The standard InChI is InChI=1S/C15H10F2O3/c1-9(19)13-6-10(2-5-15(13)20-8-18)12-4-3-11(16)7-14(12)17/h2-8H,1H3. The van der Waals surface area contributed by atoms with Crippen LogP contribution in [0.25, 0.3) is 11.1 Å². The quantitative estimate of drug-likeness (QED) is 0.635. The van der Waals surface area contributed by atoms with Crippen LogP contribution in [0, 0.1) is 11.6 Å². The van der Waals surface area contributed by atoms with Crippen LogP contribution >= 0.6 is 0 Å². The van der Waals surface area contributed by atoms with Crippen LogP contribution in [0.2, 0.25) is 0 Å². The van der Waals surface area contributed by atoms with Crippen molar-refractivity contribution in [1.82, 2.24) is 0 Å². The van der Waals surface area contributed by atoms with E-state index >= 15 is 0 Å². The van der Waals surface area contributed by atoms with Crippen LogP contribution in [-0.4, -0.2) is 12.3 Å². The molecule has 2 aromatic rings. The van der Waals surface area contributed by atoms with Crippen molar-refractivity contribution in [2.75, 3.05) is 0 Å². The lowest BCUT2D eigenvalue weighted by Crippen LogP contribution is -2.00. The number of halogens is 2. The normalized spacial score (nSPS) is 10.2. The summed E-state index contributed by atoms with van der Waals surface area (Å²) in [4.78, 5) is 21.9. The Morgan fingerprint density at radius 2 is 1.90 bits per heavy atom. The highest BCUT2D eigenvalue weighted by Crippen LogP contribution is 2.29. The predicted octanol–water partition coefficient (Wildman–Crippen LogP) is 3.37. The molecule has 0 saturated carbocycles. The van der Waals surface area contributed by atoms with Gasteiger partial charge in [-0.05, 0) is 36.8 Å². The third-order valence-electron chi connectivity index (χ3n) is 2.78. The maximum Gasteiger partial charge on any atom is 0.298 e. The summed E-state index contributed by atoms with van der Waals surface area (Å²) in [5.41, 5.74) is 0.704. The third-order valence-corrected chi connectivity index (χ3v) is 2.78. The van der Waals surface area contributed by atoms with E-state index < -0.39 is 11.6 Å². The molecule has 0 saturated heterocycles. The van der Waals surface area contributed by atoms with Crippen molar-refractivity contribution in [2.24, 2.45) is 0 Å². The summed E-state index contributed by atoms with van der Waals surface area (Å²) >= 11 is 0. The summed E-state index contributed by atoms with van der Waals surface area (Å²) in [6, 6.07) is 7.45. The number of carbonyl (C=O) groups is 2. The summed E-state index contributed by atoms with van der Waals surface area (Å²) in [6.07, 6.45) is 0. The van der Waals surface area contributed by atoms with Gasteiger partial charge in [-0.1, -0.05) is 6.07 Å². The van der Waals surface area contributed by atoms with Gasteiger partial charge >= 0.3 is 0 Å². The highest BCUT2D eigenvalue weighted by molar-refractivity contribution is 5.98. The predicted molar refractivity (Wildman–Crippen MR) is 68.5 cm³/mol. The van der Waals surface area contributed by atoms with E-state index in [1.807, 2.05) is 0 Å². The van der Waals surface area contributed by atoms with Crippen molar-refractivity contribution in [3.8, 4) is 16.9 Å². The zero-order valence-electron chi connectivity index (χ0n) is 10.5. The second-order valence-electron chi connectivity index (χ2n) is 4.11. The average molecular weight is 276 g/mol. The molecule has 0 unspecified atom stereocenters. The van der Waals surface area contributed by atoms with Gasteiger partial charge in [0.1, 0.15) is 17.4 Å². The Labute approximate surface area is 113 Å². The van der Waals surface area contributed by atoms with Gasteiger partial charge in [0.05, 0.1) is 5.56 Å². The van der Waals surface area contributed by atoms with Crippen molar-refractivity contribution < 1.29 is 23.1 Å². The molecule has 0 aliphatic rings. The van der Waals surface area contributed by atoms with Crippen molar-refractivity contribution in [3.05, 3.63) is 53.6 Å². The lowest BCUT2D eigenvalue weighted by Gasteiger charge is -2.08. The Hall–Kier alpha value is -2.56. The number of benzene rings is 2. The van der Waals surface area contributed by atoms with Crippen LogP contribution in [-0.2, 0) is 4.79 Å². The zero-order valence-corrected chi connectivity index (χ0v) is 10.5. The molecule has 20 heavy (non-hydrogen) atoms. The summed E-state index contributed by atoms with van der Waals surface area (Å²) < 4.78 is 31.3. The van der Waals surface area contributed by atoms with Gasteiger partial charge in [-0.2, -0.15) is 0 Å². The Balaban J connectivity index is 2.55. The average Bonchev–Trinajstić information content (AvgIpc) is 2.39. The van der Waals surface area contributed by atoms with Crippen LogP contribution in [0.5, 0.6) is 5.75 Å². The van der Waals surface area contributed by atoms with Crippen LogP contribution in [0.3, 0.4) is 0 Å². The number of Topliss-reactive ketones (excluding diaryl/α,β-unsaturated/α-hetero) is 1. The molecule has 0 heterocycles. The number of ketones is 1. The molecule has 102 valence electrons. The molecule has 5 heteroatoms. The number of rotatable bonds is 4. The van der Waals surface area contributed by atoms with Gasteiger partial charge in [-0.3, -0.25) is 9.59 Å². The minimum absolute atomic E-state index is 0.0961. The van der Waals surface area contributed by atoms with E-state index in [0.29, 0.717) is 5.56 Å². The molecule has 0 aromatic heterocycles. The first kappa shape index (κ1) is 13.9. The fourth-order valence-electron chi connectivity index (χ4n) is 1.85. The van der Waals surface area contributed by atoms with Crippen LogP contribution < -0.4 is 4.74 Å². The Kier molecular flexibility index (Phi) is 3.89. The zero-order chi connectivity index (χ0) is 14.7. The van der Waals surface area contributed by atoms with Gasteiger partial charge in [0.15, 0.2) is 5.78 Å². The smallest absolute Gasteiger partial charge is 0.298 e. The van der Waals surface area contributed by atoms with Gasteiger partial charge < -0.3 is 4.74 Å². The fraction of sp³-hybridized carbons (Fsp3) is 0.0667. The molecule has 0 radical (unpaired) electrons. The minimum Gasteiger partial charge on any atom is -0.428 e. The van der Waals surface area contributed by atoms with Crippen molar-refractivity contribution in [3.63, 3.8) is 0 Å². The fourth-order valence-corrected chi connectivity index (χ4v) is 1.85. The molecule has 0 spiro atoms. The van der Waals surface area contributed by atoms with Crippen molar-refractivity contribution in [2.45, 2.75) is 6.92 Å². The maximum atomic E-state index is 13.7. The van der Waals surface area contributed by atoms with E-state index in [4.69, 9.17) is 0 Å². The van der Waals surface area contributed by atoms with E-state index in [-0.39, 0.29) is 29.1 Å². The molecule has 0 amide bonds. The molecule has 0 atom stereocenters. The first-order valence-electron chi connectivity index (χ1n) is 5.73. The van der Waals surface area contributed by atoms with Gasteiger partial charge in [0.2, 0.25) is 0 Å². The van der Waals surface area contributed by atoms with Gasteiger partial charge in [0.25, 0.3) is 6.47 Å². The van der Waals surface area contributed by atoms with Crippen LogP contribution in [0.15, 0.2) is 36.4 Å². The molecule has 2 aromatic carbocycles. The minimum atomic E-state index is -0.733. The SMILES string of the molecule is CC(=O)c1cc(-c2ccc(F)cc2F)ccc1OC=O. The van der Waals surface area contributed by atoms with Gasteiger partial charge in [-0.15, -0.1) is 0 Å².